The minimum absolute atomic E-state index is 0.337. The average molecular weight is 213 g/mol. The van der Waals surface area contributed by atoms with E-state index in [2.05, 4.69) is 32.7 Å². The molecule has 0 amide bonds. The minimum atomic E-state index is 0.337. The second-order valence-electron chi connectivity index (χ2n) is 4.43. The molecule has 0 aromatic carbocycles. The highest BCUT2D eigenvalue weighted by molar-refractivity contribution is 4.89. The van der Waals surface area contributed by atoms with Crippen molar-refractivity contribution in [3.63, 3.8) is 0 Å². The summed E-state index contributed by atoms with van der Waals surface area (Å²) >= 11 is 0. The van der Waals surface area contributed by atoms with Crippen molar-refractivity contribution in [1.82, 2.24) is 5.32 Å². The van der Waals surface area contributed by atoms with Gasteiger partial charge in [-0.3, -0.25) is 0 Å². The van der Waals surface area contributed by atoms with E-state index >= 15 is 0 Å². The van der Waals surface area contributed by atoms with Crippen molar-refractivity contribution in [2.24, 2.45) is 0 Å². The van der Waals surface area contributed by atoms with Crippen molar-refractivity contribution in [2.75, 3.05) is 13.7 Å². The fourth-order valence-electron chi connectivity index (χ4n) is 1.57. The van der Waals surface area contributed by atoms with Gasteiger partial charge in [-0.05, 0) is 46.1 Å². The zero-order valence-corrected chi connectivity index (χ0v) is 10.8. The number of allylic oxidation sites excluding steroid dienone is 1. The van der Waals surface area contributed by atoms with Crippen LogP contribution in [0.5, 0.6) is 0 Å². The highest BCUT2D eigenvalue weighted by Crippen LogP contribution is 2.11. The molecule has 2 nitrogen and oxygen atoms in total. The molecular weight excluding hydrogens is 186 g/mol. The van der Waals surface area contributed by atoms with E-state index in [4.69, 9.17) is 4.74 Å². The Labute approximate surface area is 95.1 Å². The van der Waals surface area contributed by atoms with Crippen LogP contribution in [0, 0.1) is 0 Å². The Kier molecular flexibility index (Phi) is 8.73. The van der Waals surface area contributed by atoms with Crippen LogP contribution in [-0.2, 0) is 4.74 Å². The summed E-state index contributed by atoms with van der Waals surface area (Å²) in [6.45, 7) is 11.5. The molecule has 2 atom stereocenters. The third kappa shape index (κ3) is 8.64. The lowest BCUT2D eigenvalue weighted by molar-refractivity contribution is 0.0993. The molecular formula is C13H27NO. The Morgan fingerprint density at radius 2 is 2.13 bits per heavy atom. The van der Waals surface area contributed by atoms with Crippen LogP contribution in [0.25, 0.3) is 0 Å². The largest absolute Gasteiger partial charge is 0.382 e. The van der Waals surface area contributed by atoms with Crippen molar-refractivity contribution in [2.45, 2.75) is 58.6 Å². The molecule has 0 aromatic rings. The predicted molar refractivity (Wildman–Crippen MR) is 67.2 cm³/mol. The van der Waals surface area contributed by atoms with Gasteiger partial charge in [-0.25, -0.2) is 0 Å². The lowest BCUT2D eigenvalue weighted by atomic mass is 10.0. The van der Waals surface area contributed by atoms with Crippen molar-refractivity contribution in [3.05, 3.63) is 12.2 Å². The first-order valence-electron chi connectivity index (χ1n) is 6.00. The summed E-state index contributed by atoms with van der Waals surface area (Å²) in [5.74, 6) is 0. The van der Waals surface area contributed by atoms with E-state index in [1.165, 1.54) is 18.4 Å². The SMILES string of the molecule is C=C(C)CCC(CC(C)OC)NCCC. The van der Waals surface area contributed by atoms with Gasteiger partial charge in [0.2, 0.25) is 0 Å². The van der Waals surface area contributed by atoms with Crippen molar-refractivity contribution >= 4 is 0 Å². The van der Waals surface area contributed by atoms with Crippen LogP contribution in [0.2, 0.25) is 0 Å². The molecule has 0 aliphatic rings. The molecule has 0 bridgehead atoms. The van der Waals surface area contributed by atoms with Crippen molar-refractivity contribution in [3.8, 4) is 0 Å². The molecule has 0 aliphatic carbocycles. The van der Waals surface area contributed by atoms with Crippen molar-refractivity contribution in [1.29, 1.82) is 0 Å². The first kappa shape index (κ1) is 14.7. The quantitative estimate of drug-likeness (QED) is 0.594. The van der Waals surface area contributed by atoms with Gasteiger partial charge in [-0.2, -0.15) is 0 Å². The molecule has 0 rings (SSSR count). The van der Waals surface area contributed by atoms with Gasteiger partial charge in [0.1, 0.15) is 0 Å². The number of rotatable bonds is 9. The average Bonchev–Trinajstić information content (AvgIpc) is 2.21. The van der Waals surface area contributed by atoms with E-state index in [1.54, 1.807) is 7.11 Å². The molecule has 90 valence electrons. The van der Waals surface area contributed by atoms with Crippen LogP contribution in [-0.4, -0.2) is 25.8 Å². The summed E-state index contributed by atoms with van der Waals surface area (Å²) in [5.41, 5.74) is 1.27. The van der Waals surface area contributed by atoms with Crippen molar-refractivity contribution < 1.29 is 4.74 Å². The smallest absolute Gasteiger partial charge is 0.0558 e. The predicted octanol–water partition coefficient (Wildman–Crippen LogP) is 3.14. The highest BCUT2D eigenvalue weighted by Gasteiger charge is 2.11. The Balaban J connectivity index is 3.88. The van der Waals surface area contributed by atoms with Gasteiger partial charge >= 0.3 is 0 Å². The van der Waals surface area contributed by atoms with Crippen LogP contribution in [0.1, 0.15) is 46.5 Å². The van der Waals surface area contributed by atoms with E-state index in [9.17, 15) is 0 Å². The maximum absolute atomic E-state index is 5.31. The van der Waals surface area contributed by atoms with Gasteiger partial charge in [0, 0.05) is 13.2 Å². The maximum atomic E-state index is 5.31. The molecule has 0 heterocycles. The standard InChI is InChI=1S/C13H27NO/c1-6-9-14-13(8-7-11(2)3)10-12(4)15-5/h12-14H,2,6-10H2,1,3-5H3. The molecule has 2 heteroatoms. The monoisotopic (exact) mass is 213 g/mol. The van der Waals surface area contributed by atoms with Gasteiger partial charge in [0.05, 0.1) is 6.10 Å². The fraction of sp³-hybridized carbons (Fsp3) is 0.846. The molecule has 15 heavy (non-hydrogen) atoms. The Morgan fingerprint density at radius 1 is 1.47 bits per heavy atom. The van der Waals surface area contributed by atoms with Crippen LogP contribution in [0.3, 0.4) is 0 Å². The topological polar surface area (TPSA) is 21.3 Å². The number of hydrogen-bond donors (Lipinski definition) is 1. The van der Waals surface area contributed by atoms with Gasteiger partial charge in [0.15, 0.2) is 0 Å². The Morgan fingerprint density at radius 3 is 2.60 bits per heavy atom. The van der Waals surface area contributed by atoms with Crippen LogP contribution >= 0.6 is 0 Å². The number of methoxy groups -OCH3 is 1. The molecule has 0 aromatic heterocycles. The Bertz CT molecular complexity index is 168. The van der Waals surface area contributed by atoms with E-state index < -0.39 is 0 Å². The van der Waals surface area contributed by atoms with E-state index in [1.807, 2.05) is 0 Å². The first-order chi connectivity index (χ1) is 7.10. The van der Waals surface area contributed by atoms with Gasteiger partial charge in [-0.15, -0.1) is 6.58 Å². The molecule has 0 saturated carbocycles. The van der Waals surface area contributed by atoms with Gasteiger partial charge < -0.3 is 10.1 Å². The molecule has 2 unspecified atom stereocenters. The van der Waals surface area contributed by atoms with Crippen LogP contribution < -0.4 is 5.32 Å². The third-order valence-corrected chi connectivity index (χ3v) is 2.62. The molecule has 0 aliphatic heterocycles. The lowest BCUT2D eigenvalue weighted by Crippen LogP contribution is -2.33. The number of nitrogens with one attached hydrogen (secondary N) is 1. The number of hydrogen-bond acceptors (Lipinski definition) is 2. The zero-order chi connectivity index (χ0) is 11.7. The van der Waals surface area contributed by atoms with Gasteiger partial charge in [0.25, 0.3) is 0 Å². The Hall–Kier alpha value is -0.340. The third-order valence-electron chi connectivity index (χ3n) is 2.62. The molecule has 0 saturated heterocycles. The minimum Gasteiger partial charge on any atom is -0.382 e. The molecule has 1 N–H and O–H groups in total. The first-order valence-corrected chi connectivity index (χ1v) is 6.00. The molecule has 0 spiro atoms. The van der Waals surface area contributed by atoms with E-state index in [0.717, 1.165) is 19.4 Å². The fourth-order valence-corrected chi connectivity index (χ4v) is 1.57. The van der Waals surface area contributed by atoms with Crippen LogP contribution in [0.15, 0.2) is 12.2 Å². The normalized spacial score (nSPS) is 14.9. The maximum Gasteiger partial charge on any atom is 0.0558 e. The summed E-state index contributed by atoms with van der Waals surface area (Å²) in [6.07, 6.45) is 4.89. The second-order valence-corrected chi connectivity index (χ2v) is 4.43. The zero-order valence-electron chi connectivity index (χ0n) is 10.8. The summed E-state index contributed by atoms with van der Waals surface area (Å²) in [7, 11) is 1.78. The summed E-state index contributed by atoms with van der Waals surface area (Å²) in [6, 6.07) is 0.566. The summed E-state index contributed by atoms with van der Waals surface area (Å²) in [5, 5.41) is 3.57. The number of ether oxygens (including phenoxy) is 1. The summed E-state index contributed by atoms with van der Waals surface area (Å²) in [4.78, 5) is 0. The van der Waals surface area contributed by atoms with E-state index in [0.29, 0.717) is 12.1 Å². The second kappa shape index (κ2) is 8.93. The lowest BCUT2D eigenvalue weighted by Gasteiger charge is -2.21. The molecule has 0 radical (unpaired) electrons. The molecule has 0 fully saturated rings. The highest BCUT2D eigenvalue weighted by atomic mass is 16.5. The van der Waals surface area contributed by atoms with Gasteiger partial charge in [-0.1, -0.05) is 12.5 Å². The summed E-state index contributed by atoms with van der Waals surface area (Å²) < 4.78 is 5.31. The van der Waals surface area contributed by atoms with E-state index in [-0.39, 0.29) is 0 Å². The van der Waals surface area contributed by atoms with Crippen LogP contribution in [0.4, 0.5) is 0 Å².